The summed E-state index contributed by atoms with van der Waals surface area (Å²) in [5.41, 5.74) is 2.57. The number of aromatic nitrogens is 2. The van der Waals surface area contributed by atoms with Crippen molar-refractivity contribution in [2.75, 3.05) is 18.4 Å². The highest BCUT2D eigenvalue weighted by molar-refractivity contribution is 7.94. The number of halogens is 1. The van der Waals surface area contributed by atoms with Gasteiger partial charge in [0.1, 0.15) is 9.96 Å². The first kappa shape index (κ1) is 24.8. The molecule has 2 amide bonds. The van der Waals surface area contributed by atoms with E-state index in [4.69, 9.17) is 16.3 Å². The van der Waals surface area contributed by atoms with Crippen LogP contribution in [0.1, 0.15) is 18.1 Å². The second-order valence-corrected chi connectivity index (χ2v) is 11.2. The van der Waals surface area contributed by atoms with Gasteiger partial charge in [0.25, 0.3) is 10.0 Å². The van der Waals surface area contributed by atoms with Crippen LogP contribution in [-0.4, -0.2) is 37.9 Å². The number of fused-ring (bicyclic) bond motifs is 1. The molecular formula is C23H24ClN5O4S2. The summed E-state index contributed by atoms with van der Waals surface area (Å²) in [4.78, 5) is 11.7. The van der Waals surface area contributed by atoms with Crippen LogP contribution in [0.3, 0.4) is 0 Å². The molecule has 2 aromatic heterocycles. The Labute approximate surface area is 212 Å². The lowest BCUT2D eigenvalue weighted by atomic mass is 10.1. The van der Waals surface area contributed by atoms with Crippen molar-refractivity contribution < 1.29 is 17.9 Å². The minimum absolute atomic E-state index is 0.0902. The monoisotopic (exact) mass is 533 g/mol. The van der Waals surface area contributed by atoms with Crippen molar-refractivity contribution in [2.45, 2.75) is 24.2 Å². The van der Waals surface area contributed by atoms with Gasteiger partial charge in [-0.15, -0.1) is 11.3 Å². The van der Waals surface area contributed by atoms with E-state index in [2.05, 4.69) is 20.5 Å². The standard InChI is InChI=1S/C23H24ClN5O4S2/c1-3-25-23(30)26-13-15-6-4-7-16(12-15)14-29-17-8-5-9-18(33-2)21(17)22(27-29)28-35(31,32)20-11-10-19(24)34-20/h4-12H,3,13-14H2,1-2H3,(H,27,28)(H2,25,26,30). The van der Waals surface area contributed by atoms with Crippen molar-refractivity contribution in [3.8, 4) is 5.75 Å². The first-order valence-corrected chi connectivity index (χ1v) is 13.4. The lowest BCUT2D eigenvalue weighted by Gasteiger charge is -2.09. The third-order valence-corrected chi connectivity index (χ3v) is 8.18. The van der Waals surface area contributed by atoms with Gasteiger partial charge in [-0.2, -0.15) is 5.10 Å². The zero-order valence-electron chi connectivity index (χ0n) is 19.0. The van der Waals surface area contributed by atoms with Gasteiger partial charge in [0.2, 0.25) is 0 Å². The number of nitrogens with zero attached hydrogens (tertiary/aromatic N) is 2. The Hall–Kier alpha value is -3.28. The Balaban J connectivity index is 1.65. The molecule has 4 aromatic rings. The van der Waals surface area contributed by atoms with Crippen LogP contribution >= 0.6 is 22.9 Å². The van der Waals surface area contributed by atoms with Crippen LogP contribution in [0, 0.1) is 0 Å². The molecule has 2 aromatic carbocycles. The molecule has 12 heteroatoms. The van der Waals surface area contributed by atoms with E-state index in [-0.39, 0.29) is 16.1 Å². The number of carbonyl (C=O) groups excluding carboxylic acids is 1. The van der Waals surface area contributed by atoms with Gasteiger partial charge in [-0.3, -0.25) is 9.40 Å². The third-order valence-electron chi connectivity index (χ3n) is 5.12. The molecule has 0 aliphatic rings. The molecule has 35 heavy (non-hydrogen) atoms. The van der Waals surface area contributed by atoms with Crippen molar-refractivity contribution in [3.05, 3.63) is 70.1 Å². The topological polar surface area (TPSA) is 114 Å². The minimum Gasteiger partial charge on any atom is -0.496 e. The van der Waals surface area contributed by atoms with Gasteiger partial charge in [-0.25, -0.2) is 13.2 Å². The molecule has 0 saturated heterocycles. The van der Waals surface area contributed by atoms with Gasteiger partial charge < -0.3 is 15.4 Å². The van der Waals surface area contributed by atoms with Gasteiger partial charge in [-0.1, -0.05) is 41.9 Å². The second-order valence-electron chi connectivity index (χ2n) is 7.56. The first-order chi connectivity index (χ1) is 16.8. The summed E-state index contributed by atoms with van der Waals surface area (Å²) in [6.07, 6.45) is 0. The van der Waals surface area contributed by atoms with Crippen LogP contribution in [0.2, 0.25) is 4.34 Å². The highest BCUT2D eigenvalue weighted by Gasteiger charge is 2.23. The average molecular weight is 534 g/mol. The summed E-state index contributed by atoms with van der Waals surface area (Å²) >= 11 is 6.90. The summed E-state index contributed by atoms with van der Waals surface area (Å²) in [6.45, 7) is 3.16. The number of thiophene rings is 1. The highest BCUT2D eigenvalue weighted by atomic mass is 35.5. The maximum atomic E-state index is 13.0. The molecule has 0 bridgehead atoms. The van der Waals surface area contributed by atoms with E-state index in [0.29, 0.717) is 40.6 Å². The molecule has 3 N–H and O–H groups in total. The Morgan fingerprint density at radius 1 is 1.11 bits per heavy atom. The van der Waals surface area contributed by atoms with Crippen LogP contribution in [0.4, 0.5) is 10.6 Å². The average Bonchev–Trinajstić information content (AvgIpc) is 3.42. The molecule has 0 atom stereocenters. The van der Waals surface area contributed by atoms with E-state index < -0.39 is 10.0 Å². The number of nitrogens with one attached hydrogen (secondary N) is 3. The number of urea groups is 1. The number of hydrogen-bond acceptors (Lipinski definition) is 6. The molecule has 0 saturated carbocycles. The highest BCUT2D eigenvalue weighted by Crippen LogP contribution is 2.35. The number of benzene rings is 2. The lowest BCUT2D eigenvalue weighted by Crippen LogP contribution is -2.34. The summed E-state index contributed by atoms with van der Waals surface area (Å²) in [5.74, 6) is 0.659. The number of hydrogen-bond donors (Lipinski definition) is 3. The zero-order valence-corrected chi connectivity index (χ0v) is 21.4. The third kappa shape index (κ3) is 5.69. The number of rotatable bonds is 9. The Morgan fingerprint density at radius 2 is 1.89 bits per heavy atom. The predicted octanol–water partition coefficient (Wildman–Crippen LogP) is 4.43. The summed E-state index contributed by atoms with van der Waals surface area (Å²) in [5, 5.41) is 10.6. The van der Waals surface area contributed by atoms with Crippen molar-refractivity contribution in [3.63, 3.8) is 0 Å². The number of amides is 2. The van der Waals surface area contributed by atoms with Gasteiger partial charge in [0, 0.05) is 13.1 Å². The van der Waals surface area contributed by atoms with Crippen molar-refractivity contribution >= 4 is 55.7 Å². The normalized spacial score (nSPS) is 11.4. The fourth-order valence-corrected chi connectivity index (χ4v) is 6.09. The van der Waals surface area contributed by atoms with Crippen molar-refractivity contribution in [1.29, 1.82) is 0 Å². The van der Waals surface area contributed by atoms with Gasteiger partial charge in [0.15, 0.2) is 5.82 Å². The Bertz CT molecular complexity index is 1470. The summed E-state index contributed by atoms with van der Waals surface area (Å²) in [6, 6.07) is 15.9. The van der Waals surface area contributed by atoms with E-state index >= 15 is 0 Å². The molecule has 184 valence electrons. The van der Waals surface area contributed by atoms with Gasteiger partial charge >= 0.3 is 6.03 Å². The first-order valence-electron chi connectivity index (χ1n) is 10.7. The molecule has 0 aliphatic carbocycles. The van der Waals surface area contributed by atoms with Gasteiger partial charge in [0.05, 0.1) is 28.9 Å². The van der Waals surface area contributed by atoms with E-state index in [1.165, 1.54) is 19.2 Å². The maximum Gasteiger partial charge on any atom is 0.315 e. The van der Waals surface area contributed by atoms with Crippen LogP contribution in [-0.2, 0) is 23.1 Å². The van der Waals surface area contributed by atoms with Gasteiger partial charge in [-0.05, 0) is 42.3 Å². The fraction of sp³-hybridized carbons (Fsp3) is 0.217. The predicted molar refractivity (Wildman–Crippen MR) is 138 cm³/mol. The van der Waals surface area contributed by atoms with Crippen molar-refractivity contribution in [2.24, 2.45) is 0 Å². The Morgan fingerprint density at radius 3 is 2.60 bits per heavy atom. The molecule has 0 spiro atoms. The zero-order chi connectivity index (χ0) is 25.0. The SMILES string of the molecule is CCNC(=O)NCc1cccc(Cn2nc(NS(=O)(=O)c3ccc(Cl)s3)c3c(OC)cccc32)c1. The van der Waals surface area contributed by atoms with Crippen LogP contribution in [0.25, 0.3) is 10.9 Å². The number of ether oxygens (including phenoxy) is 1. The summed E-state index contributed by atoms with van der Waals surface area (Å²) in [7, 11) is -2.37. The molecule has 0 fully saturated rings. The number of anilines is 1. The molecule has 0 radical (unpaired) electrons. The molecule has 4 rings (SSSR count). The van der Waals surface area contributed by atoms with Crippen LogP contribution in [0.5, 0.6) is 5.75 Å². The van der Waals surface area contributed by atoms with E-state index in [1.54, 1.807) is 10.7 Å². The Kier molecular flexibility index (Phi) is 7.48. The largest absolute Gasteiger partial charge is 0.496 e. The lowest BCUT2D eigenvalue weighted by molar-refractivity contribution is 0.241. The molecule has 0 aliphatic heterocycles. The fourth-order valence-electron chi connectivity index (χ4n) is 3.60. The van der Waals surface area contributed by atoms with Crippen LogP contribution in [0.15, 0.2) is 58.8 Å². The second kappa shape index (κ2) is 10.5. The molecule has 9 nitrogen and oxygen atoms in total. The number of carbonyl (C=O) groups is 1. The summed E-state index contributed by atoms with van der Waals surface area (Å²) < 4.78 is 36.2. The van der Waals surface area contributed by atoms with E-state index in [1.807, 2.05) is 43.3 Å². The molecule has 0 unspecified atom stereocenters. The van der Waals surface area contributed by atoms with E-state index in [0.717, 1.165) is 22.5 Å². The molecule has 2 heterocycles. The number of sulfonamides is 1. The molecular weight excluding hydrogens is 510 g/mol. The smallest absolute Gasteiger partial charge is 0.315 e. The number of methoxy groups -OCH3 is 1. The van der Waals surface area contributed by atoms with Crippen LogP contribution < -0.4 is 20.1 Å². The minimum atomic E-state index is -3.89. The maximum absolute atomic E-state index is 13.0. The quantitative estimate of drug-likeness (QED) is 0.294. The van der Waals surface area contributed by atoms with Crippen molar-refractivity contribution in [1.82, 2.24) is 20.4 Å². The van der Waals surface area contributed by atoms with E-state index in [9.17, 15) is 13.2 Å².